The van der Waals surface area contributed by atoms with E-state index in [9.17, 15) is 4.79 Å². The van der Waals surface area contributed by atoms with Crippen LogP contribution in [0.3, 0.4) is 0 Å². The predicted molar refractivity (Wildman–Crippen MR) is 72.8 cm³/mol. The van der Waals surface area contributed by atoms with Crippen LogP contribution in [0.4, 0.5) is 0 Å². The minimum atomic E-state index is -0.459. The van der Waals surface area contributed by atoms with E-state index in [-0.39, 0.29) is 5.69 Å². The first-order chi connectivity index (χ1) is 9.69. The van der Waals surface area contributed by atoms with Crippen molar-refractivity contribution in [3.63, 3.8) is 0 Å². The lowest BCUT2D eigenvalue weighted by Crippen LogP contribution is -2.09. The summed E-state index contributed by atoms with van der Waals surface area (Å²) in [6.07, 6.45) is 0.654. The van der Waals surface area contributed by atoms with Crippen molar-refractivity contribution in [3.05, 3.63) is 41.2 Å². The summed E-state index contributed by atoms with van der Waals surface area (Å²) in [6.45, 7) is 2.48. The molecule has 0 saturated carbocycles. The van der Waals surface area contributed by atoms with Crippen LogP contribution in [0.1, 0.15) is 28.7 Å². The smallest absolute Gasteiger partial charge is 0.360 e. The van der Waals surface area contributed by atoms with Gasteiger partial charge < -0.3 is 9.47 Å². The number of rotatable bonds is 5. The van der Waals surface area contributed by atoms with Crippen molar-refractivity contribution >= 4 is 5.97 Å². The van der Waals surface area contributed by atoms with E-state index in [1.165, 1.54) is 7.11 Å². The van der Waals surface area contributed by atoms with Gasteiger partial charge >= 0.3 is 5.97 Å². The zero-order valence-electron chi connectivity index (χ0n) is 11.8. The van der Waals surface area contributed by atoms with Gasteiger partial charge in [0, 0.05) is 0 Å². The van der Waals surface area contributed by atoms with Crippen LogP contribution in [0.5, 0.6) is 5.75 Å². The van der Waals surface area contributed by atoms with Crippen molar-refractivity contribution in [1.82, 2.24) is 15.0 Å². The van der Waals surface area contributed by atoms with Crippen molar-refractivity contribution in [2.24, 2.45) is 0 Å². The molecular weight excluding hydrogens is 258 g/mol. The Hall–Kier alpha value is -2.37. The second kappa shape index (κ2) is 6.18. The number of hydrogen-bond donors (Lipinski definition) is 0. The molecule has 0 bridgehead atoms. The average molecular weight is 275 g/mol. The lowest BCUT2D eigenvalue weighted by molar-refractivity contribution is 0.0592. The van der Waals surface area contributed by atoms with Gasteiger partial charge in [-0.1, -0.05) is 24.3 Å². The fraction of sp³-hybridized carbons (Fsp3) is 0.357. The zero-order chi connectivity index (χ0) is 14.5. The molecule has 1 aromatic carbocycles. The van der Waals surface area contributed by atoms with Crippen molar-refractivity contribution in [2.75, 3.05) is 14.2 Å². The maximum Gasteiger partial charge on any atom is 0.360 e. The molecule has 0 radical (unpaired) electrons. The van der Waals surface area contributed by atoms with Gasteiger partial charge in [0.05, 0.1) is 26.5 Å². The van der Waals surface area contributed by atoms with Crippen LogP contribution >= 0.6 is 0 Å². The third-order valence-corrected chi connectivity index (χ3v) is 3.02. The van der Waals surface area contributed by atoms with Gasteiger partial charge in [-0.05, 0) is 24.1 Å². The minimum Gasteiger partial charge on any atom is -0.497 e. The van der Waals surface area contributed by atoms with Crippen LogP contribution in [0.25, 0.3) is 0 Å². The van der Waals surface area contributed by atoms with Gasteiger partial charge in [0.15, 0.2) is 5.69 Å². The van der Waals surface area contributed by atoms with E-state index < -0.39 is 5.97 Å². The Morgan fingerprint density at radius 3 is 2.80 bits per heavy atom. The van der Waals surface area contributed by atoms with Crippen LogP contribution in [0.15, 0.2) is 24.3 Å². The molecule has 2 rings (SSSR count). The van der Waals surface area contributed by atoms with Gasteiger partial charge in [0.2, 0.25) is 0 Å². The van der Waals surface area contributed by atoms with E-state index in [0.717, 1.165) is 17.0 Å². The van der Waals surface area contributed by atoms with Crippen LogP contribution in [0.2, 0.25) is 0 Å². The Kier molecular flexibility index (Phi) is 4.34. The molecule has 1 heterocycles. The number of carbonyl (C=O) groups is 1. The highest BCUT2D eigenvalue weighted by atomic mass is 16.5. The third-order valence-electron chi connectivity index (χ3n) is 3.02. The first-order valence-electron chi connectivity index (χ1n) is 6.33. The van der Waals surface area contributed by atoms with Crippen molar-refractivity contribution < 1.29 is 14.3 Å². The Morgan fingerprint density at radius 1 is 1.35 bits per heavy atom. The van der Waals surface area contributed by atoms with Crippen LogP contribution in [-0.4, -0.2) is 35.2 Å². The highest BCUT2D eigenvalue weighted by Gasteiger charge is 2.18. The molecular formula is C14H17N3O3. The van der Waals surface area contributed by atoms with E-state index in [1.807, 2.05) is 31.2 Å². The van der Waals surface area contributed by atoms with E-state index in [1.54, 1.807) is 11.8 Å². The SMILES string of the molecule is CCc1c(C(=O)OC)nnn1Cc1cccc(OC)c1. The van der Waals surface area contributed by atoms with Gasteiger partial charge in [-0.15, -0.1) is 5.10 Å². The summed E-state index contributed by atoms with van der Waals surface area (Å²) < 4.78 is 11.6. The summed E-state index contributed by atoms with van der Waals surface area (Å²) in [5.41, 5.74) is 2.07. The number of esters is 1. The number of benzene rings is 1. The quantitative estimate of drug-likeness (QED) is 0.777. The molecule has 2 aromatic rings. The van der Waals surface area contributed by atoms with E-state index in [4.69, 9.17) is 9.47 Å². The Morgan fingerprint density at radius 2 is 2.15 bits per heavy atom. The fourth-order valence-corrected chi connectivity index (χ4v) is 2.01. The lowest BCUT2D eigenvalue weighted by Gasteiger charge is -2.07. The molecule has 0 fully saturated rings. The molecule has 6 nitrogen and oxygen atoms in total. The van der Waals surface area contributed by atoms with Crippen LogP contribution in [0, 0.1) is 0 Å². The molecule has 0 unspecified atom stereocenters. The predicted octanol–water partition coefficient (Wildman–Crippen LogP) is 1.68. The largest absolute Gasteiger partial charge is 0.497 e. The molecule has 0 saturated heterocycles. The van der Waals surface area contributed by atoms with Gasteiger partial charge in [0.25, 0.3) is 0 Å². The summed E-state index contributed by atoms with van der Waals surface area (Å²) in [5.74, 6) is 0.326. The number of nitrogens with zero attached hydrogens (tertiary/aromatic N) is 3. The molecule has 0 N–H and O–H groups in total. The first kappa shape index (κ1) is 14.0. The van der Waals surface area contributed by atoms with E-state index in [0.29, 0.717) is 13.0 Å². The fourth-order valence-electron chi connectivity index (χ4n) is 2.01. The molecule has 0 aliphatic carbocycles. The summed E-state index contributed by atoms with van der Waals surface area (Å²) >= 11 is 0. The zero-order valence-corrected chi connectivity index (χ0v) is 11.8. The summed E-state index contributed by atoms with van der Waals surface area (Å²) in [6, 6.07) is 7.70. The lowest BCUT2D eigenvalue weighted by atomic mass is 10.2. The normalized spacial score (nSPS) is 10.3. The Balaban J connectivity index is 2.29. The third kappa shape index (κ3) is 2.79. The summed E-state index contributed by atoms with van der Waals surface area (Å²) in [5, 5.41) is 7.94. The van der Waals surface area contributed by atoms with Gasteiger partial charge in [-0.3, -0.25) is 0 Å². The Bertz CT molecular complexity index is 607. The second-order valence-electron chi connectivity index (χ2n) is 4.24. The molecule has 0 atom stereocenters. The highest BCUT2D eigenvalue weighted by molar-refractivity contribution is 5.88. The van der Waals surface area contributed by atoms with Crippen molar-refractivity contribution in [3.8, 4) is 5.75 Å². The minimum absolute atomic E-state index is 0.276. The topological polar surface area (TPSA) is 66.2 Å². The van der Waals surface area contributed by atoms with Crippen molar-refractivity contribution in [1.29, 1.82) is 0 Å². The standard InChI is InChI=1S/C14H17N3O3/c1-4-12-13(14(18)20-3)15-16-17(12)9-10-6-5-7-11(8-10)19-2/h5-8H,4,9H2,1-3H3. The summed E-state index contributed by atoms with van der Waals surface area (Å²) in [7, 11) is 2.96. The molecule has 0 amide bonds. The second-order valence-corrected chi connectivity index (χ2v) is 4.24. The van der Waals surface area contributed by atoms with Crippen LogP contribution < -0.4 is 4.74 Å². The van der Waals surface area contributed by atoms with Crippen molar-refractivity contribution in [2.45, 2.75) is 19.9 Å². The number of carbonyl (C=O) groups excluding carboxylic acids is 1. The van der Waals surface area contributed by atoms with Gasteiger partial charge in [-0.25, -0.2) is 9.48 Å². The molecule has 0 spiro atoms. The number of ether oxygens (including phenoxy) is 2. The Labute approximate surface area is 117 Å². The number of aromatic nitrogens is 3. The van der Waals surface area contributed by atoms with Crippen LogP contribution in [-0.2, 0) is 17.7 Å². The molecule has 0 aliphatic heterocycles. The highest BCUT2D eigenvalue weighted by Crippen LogP contribution is 2.15. The van der Waals surface area contributed by atoms with Gasteiger partial charge in [-0.2, -0.15) is 0 Å². The monoisotopic (exact) mass is 275 g/mol. The van der Waals surface area contributed by atoms with Gasteiger partial charge in [0.1, 0.15) is 5.75 Å². The molecule has 20 heavy (non-hydrogen) atoms. The van der Waals surface area contributed by atoms with E-state index in [2.05, 4.69) is 10.3 Å². The molecule has 0 aliphatic rings. The number of methoxy groups -OCH3 is 2. The molecule has 6 heteroatoms. The van der Waals surface area contributed by atoms with E-state index >= 15 is 0 Å². The maximum absolute atomic E-state index is 11.6. The molecule has 1 aromatic heterocycles. The average Bonchev–Trinajstić information content (AvgIpc) is 2.89. The first-order valence-corrected chi connectivity index (χ1v) is 6.33. The maximum atomic E-state index is 11.6. The summed E-state index contributed by atoms with van der Waals surface area (Å²) in [4.78, 5) is 11.6. The molecule has 106 valence electrons. The number of hydrogen-bond acceptors (Lipinski definition) is 5.